The number of pyridine rings is 1. The Bertz CT molecular complexity index is 1050. The molecule has 0 amide bonds. The average molecular weight is 335 g/mol. The number of rotatable bonds is 4. The summed E-state index contributed by atoms with van der Waals surface area (Å²) < 4.78 is 1.61. The molecule has 0 radical (unpaired) electrons. The summed E-state index contributed by atoms with van der Waals surface area (Å²) in [6, 6.07) is 15.8. The van der Waals surface area contributed by atoms with Crippen molar-refractivity contribution >= 4 is 33.6 Å². The van der Waals surface area contributed by atoms with Crippen molar-refractivity contribution in [3.05, 3.63) is 75.3 Å². The zero-order valence-electron chi connectivity index (χ0n) is 13.3. The molecule has 120 valence electrons. The van der Waals surface area contributed by atoms with E-state index in [2.05, 4.69) is 17.5 Å². The van der Waals surface area contributed by atoms with Crippen LogP contribution in [-0.4, -0.2) is 23.0 Å². The number of fused-ring (bicyclic) bond motifs is 3. The second-order valence-electron chi connectivity index (χ2n) is 5.80. The third-order valence-electron chi connectivity index (χ3n) is 4.21. The average Bonchev–Trinajstić information content (AvgIpc) is 3.13. The number of benzene rings is 1. The lowest BCUT2D eigenvalue weighted by Crippen LogP contribution is -2.24. The summed E-state index contributed by atoms with van der Waals surface area (Å²) >= 11 is 1.75. The van der Waals surface area contributed by atoms with Crippen LogP contribution in [0.1, 0.15) is 4.88 Å². The van der Waals surface area contributed by atoms with Crippen molar-refractivity contribution in [1.29, 1.82) is 0 Å². The Morgan fingerprint density at radius 1 is 1.17 bits per heavy atom. The van der Waals surface area contributed by atoms with E-state index < -0.39 is 0 Å². The largest absolute Gasteiger partial charge is 0.359 e. The van der Waals surface area contributed by atoms with E-state index in [1.54, 1.807) is 28.0 Å². The Morgan fingerprint density at radius 3 is 2.88 bits per heavy atom. The van der Waals surface area contributed by atoms with Crippen LogP contribution in [0, 0.1) is 0 Å². The minimum absolute atomic E-state index is 0.0521. The van der Waals surface area contributed by atoms with Gasteiger partial charge >= 0.3 is 0 Å². The summed E-state index contributed by atoms with van der Waals surface area (Å²) in [5.74, 6) is 0.716. The van der Waals surface area contributed by atoms with Crippen molar-refractivity contribution in [2.24, 2.45) is 0 Å². The van der Waals surface area contributed by atoms with E-state index in [0.29, 0.717) is 11.5 Å². The zero-order valence-corrected chi connectivity index (χ0v) is 14.2. The molecule has 0 saturated heterocycles. The Kier molecular flexibility index (Phi) is 3.78. The molecular formula is C19H17N3OS. The van der Waals surface area contributed by atoms with E-state index in [0.717, 1.165) is 23.7 Å². The highest BCUT2D eigenvalue weighted by Crippen LogP contribution is 2.19. The number of hydrogen-bond acceptors (Lipinski definition) is 4. The first-order valence-electron chi connectivity index (χ1n) is 7.87. The summed E-state index contributed by atoms with van der Waals surface area (Å²) in [6.45, 7) is 0.827. The van der Waals surface area contributed by atoms with Crippen LogP contribution in [0.25, 0.3) is 16.4 Å². The molecule has 0 unspecified atom stereocenters. The van der Waals surface area contributed by atoms with Gasteiger partial charge in [0.05, 0.1) is 0 Å². The van der Waals surface area contributed by atoms with Gasteiger partial charge in [-0.25, -0.2) is 4.98 Å². The Balaban J connectivity index is 1.75. The molecule has 24 heavy (non-hydrogen) atoms. The van der Waals surface area contributed by atoms with Crippen LogP contribution in [0.5, 0.6) is 0 Å². The molecule has 0 N–H and O–H groups in total. The quantitative estimate of drug-likeness (QED) is 0.535. The highest BCUT2D eigenvalue weighted by molar-refractivity contribution is 7.09. The van der Waals surface area contributed by atoms with E-state index in [1.165, 1.54) is 4.88 Å². The van der Waals surface area contributed by atoms with Crippen molar-refractivity contribution < 1.29 is 0 Å². The van der Waals surface area contributed by atoms with Gasteiger partial charge in [0.25, 0.3) is 5.56 Å². The normalized spacial score (nSPS) is 11.2. The topological polar surface area (TPSA) is 37.6 Å². The Hall–Kier alpha value is -2.66. The molecule has 0 spiro atoms. The number of hydrogen-bond donors (Lipinski definition) is 0. The Labute approximate surface area is 143 Å². The van der Waals surface area contributed by atoms with Crippen molar-refractivity contribution in [2.75, 3.05) is 18.5 Å². The lowest BCUT2D eigenvalue weighted by Gasteiger charge is -2.18. The van der Waals surface area contributed by atoms with Crippen LogP contribution in [0.15, 0.2) is 64.9 Å². The molecule has 3 heterocycles. The van der Waals surface area contributed by atoms with E-state index in [9.17, 15) is 4.79 Å². The van der Waals surface area contributed by atoms with Crippen LogP contribution >= 0.6 is 11.3 Å². The predicted octanol–water partition coefficient (Wildman–Crippen LogP) is 3.59. The summed E-state index contributed by atoms with van der Waals surface area (Å²) in [5.41, 5.74) is 0.655. The van der Waals surface area contributed by atoms with Gasteiger partial charge in [-0.05, 0) is 29.3 Å². The van der Waals surface area contributed by atoms with Crippen LogP contribution < -0.4 is 10.5 Å². The summed E-state index contributed by atoms with van der Waals surface area (Å²) in [4.78, 5) is 20.6. The lowest BCUT2D eigenvalue weighted by molar-refractivity contribution is 0.863. The first kappa shape index (κ1) is 14.9. The molecule has 4 nitrogen and oxygen atoms in total. The summed E-state index contributed by atoms with van der Waals surface area (Å²) in [6.07, 6.45) is 2.74. The SMILES string of the molecule is CN(CCc1cccs1)c1cc(=O)n2ccc3ccccc3c2n1. The van der Waals surface area contributed by atoms with Gasteiger partial charge in [0.2, 0.25) is 0 Å². The summed E-state index contributed by atoms with van der Waals surface area (Å²) in [5, 5.41) is 4.16. The monoisotopic (exact) mass is 335 g/mol. The van der Waals surface area contributed by atoms with Gasteiger partial charge in [0, 0.05) is 36.1 Å². The molecule has 0 aliphatic rings. The van der Waals surface area contributed by atoms with Crippen molar-refractivity contribution in [2.45, 2.75) is 6.42 Å². The Morgan fingerprint density at radius 2 is 2.04 bits per heavy atom. The highest BCUT2D eigenvalue weighted by atomic mass is 32.1. The molecule has 0 fully saturated rings. The lowest BCUT2D eigenvalue weighted by atomic mass is 10.1. The van der Waals surface area contributed by atoms with Crippen molar-refractivity contribution in [3.8, 4) is 0 Å². The van der Waals surface area contributed by atoms with Gasteiger partial charge in [0.15, 0.2) is 0 Å². The molecule has 0 atom stereocenters. The van der Waals surface area contributed by atoms with Crippen molar-refractivity contribution in [1.82, 2.24) is 9.38 Å². The molecule has 0 saturated carbocycles. The number of anilines is 1. The third-order valence-corrected chi connectivity index (χ3v) is 5.14. The standard InChI is InChI=1S/C19H17N3OS/c1-21(10-9-15-6-4-12-24-15)17-13-18(23)22-11-8-14-5-2-3-7-16(14)19(22)20-17/h2-8,11-13H,9-10H2,1H3. The maximum Gasteiger partial charge on any atom is 0.259 e. The fourth-order valence-corrected chi connectivity index (χ4v) is 3.55. The molecule has 0 aliphatic heterocycles. The van der Waals surface area contributed by atoms with Gasteiger partial charge in [0.1, 0.15) is 11.5 Å². The molecule has 4 rings (SSSR count). The molecule has 3 aromatic heterocycles. The van der Waals surface area contributed by atoms with Crippen LogP contribution in [-0.2, 0) is 6.42 Å². The third kappa shape index (κ3) is 2.67. The first-order chi connectivity index (χ1) is 11.7. The van der Waals surface area contributed by atoms with E-state index in [1.807, 2.05) is 42.3 Å². The fraction of sp³-hybridized carbons (Fsp3) is 0.158. The predicted molar refractivity (Wildman–Crippen MR) is 100 cm³/mol. The first-order valence-corrected chi connectivity index (χ1v) is 8.75. The molecule has 5 heteroatoms. The van der Waals surface area contributed by atoms with E-state index in [4.69, 9.17) is 4.98 Å². The van der Waals surface area contributed by atoms with Gasteiger partial charge in [-0.3, -0.25) is 9.20 Å². The fourth-order valence-electron chi connectivity index (χ4n) is 2.86. The smallest absolute Gasteiger partial charge is 0.259 e. The molecule has 0 bridgehead atoms. The van der Waals surface area contributed by atoms with Gasteiger partial charge < -0.3 is 4.90 Å². The number of thiophene rings is 1. The molecule has 0 aliphatic carbocycles. The summed E-state index contributed by atoms with van der Waals surface area (Å²) in [7, 11) is 1.98. The maximum absolute atomic E-state index is 12.5. The molecule has 4 aromatic rings. The number of aromatic nitrogens is 2. The second kappa shape index (κ2) is 6.09. The van der Waals surface area contributed by atoms with Crippen LogP contribution in [0.4, 0.5) is 5.82 Å². The van der Waals surface area contributed by atoms with Gasteiger partial charge in [-0.2, -0.15) is 0 Å². The minimum atomic E-state index is -0.0521. The zero-order chi connectivity index (χ0) is 16.5. The van der Waals surface area contributed by atoms with Gasteiger partial charge in [-0.1, -0.05) is 30.3 Å². The molecule has 1 aromatic carbocycles. The highest BCUT2D eigenvalue weighted by Gasteiger charge is 2.09. The second-order valence-corrected chi connectivity index (χ2v) is 6.83. The maximum atomic E-state index is 12.5. The van der Waals surface area contributed by atoms with Crippen LogP contribution in [0.3, 0.4) is 0 Å². The van der Waals surface area contributed by atoms with E-state index in [-0.39, 0.29) is 5.56 Å². The molecular weight excluding hydrogens is 318 g/mol. The number of likely N-dealkylation sites (N-methyl/N-ethyl adjacent to an activating group) is 1. The number of nitrogens with zero attached hydrogens (tertiary/aromatic N) is 3. The minimum Gasteiger partial charge on any atom is -0.359 e. The van der Waals surface area contributed by atoms with Gasteiger partial charge in [-0.15, -0.1) is 11.3 Å². The van der Waals surface area contributed by atoms with Crippen molar-refractivity contribution in [3.63, 3.8) is 0 Å². The van der Waals surface area contributed by atoms with Crippen LogP contribution in [0.2, 0.25) is 0 Å². The van der Waals surface area contributed by atoms with E-state index >= 15 is 0 Å².